The summed E-state index contributed by atoms with van der Waals surface area (Å²) in [6.07, 6.45) is -7.56. The summed E-state index contributed by atoms with van der Waals surface area (Å²) in [7, 11) is 0. The van der Waals surface area contributed by atoms with E-state index in [0.29, 0.717) is 17.0 Å². The second kappa shape index (κ2) is 12.9. The Hall–Kier alpha value is -3.12. The molecule has 1 heterocycles. The lowest BCUT2D eigenvalue weighted by molar-refractivity contribution is -0.393. The first kappa shape index (κ1) is 33.2. The number of halogens is 8. The normalized spacial score (nSPS) is 20.0. The summed E-state index contributed by atoms with van der Waals surface area (Å²) in [6.45, 7) is -0.761. The highest BCUT2D eigenvalue weighted by Gasteiger charge is 2.74. The van der Waals surface area contributed by atoms with Crippen LogP contribution in [-0.4, -0.2) is 36.2 Å². The van der Waals surface area contributed by atoms with Gasteiger partial charge in [-0.05, 0) is 60.7 Å². The van der Waals surface area contributed by atoms with E-state index in [4.69, 9.17) is 0 Å². The first-order valence-electron chi connectivity index (χ1n) is 14.6. The van der Waals surface area contributed by atoms with Crippen molar-refractivity contribution < 1.29 is 44.7 Å². The smallest absolute Gasteiger partial charge is 0.349 e. The molecular weight excluding hydrogens is 626 g/mol. The number of likely N-dealkylation sites (tertiary alicyclic amines) is 1. The largest absolute Gasteiger partial charge is 0.430 e. The van der Waals surface area contributed by atoms with E-state index in [1.54, 1.807) is 4.90 Å². The number of alkyl halides is 6. The highest BCUT2D eigenvalue weighted by Crippen LogP contribution is 2.55. The van der Waals surface area contributed by atoms with Crippen molar-refractivity contribution in [2.24, 2.45) is 5.92 Å². The van der Waals surface area contributed by atoms with E-state index in [-0.39, 0.29) is 42.5 Å². The maximum Gasteiger partial charge on any atom is 0.430 e. The summed E-state index contributed by atoms with van der Waals surface area (Å²) < 4.78 is 120. The molecule has 12 heteroatoms. The molecular formula is C33H31F8NO2S. The number of carbonyl (C=O) groups is 1. The van der Waals surface area contributed by atoms with Crippen molar-refractivity contribution in [2.45, 2.75) is 72.7 Å². The number of ether oxygens (including phenoxy) is 1. The lowest BCUT2D eigenvalue weighted by Gasteiger charge is -2.38. The summed E-state index contributed by atoms with van der Waals surface area (Å²) in [5, 5.41) is 0. The zero-order chi connectivity index (χ0) is 32.5. The number of hydrogen-bond donors (Lipinski definition) is 0. The lowest BCUT2D eigenvalue weighted by atomic mass is 9.87. The SMILES string of the molecule is O=C(C1CCCCC1)N1CC[C@@](Sc2ccc(F)cc2)(c2ccc(C(OCc3ccccc3)(C(F)(F)F)C(F)(F)F)c(F)c2)C1. The van der Waals surface area contributed by atoms with Gasteiger partial charge in [-0.2, -0.15) is 26.3 Å². The number of hydrogen-bond acceptors (Lipinski definition) is 3. The third kappa shape index (κ3) is 6.72. The van der Waals surface area contributed by atoms with Crippen molar-refractivity contribution >= 4 is 17.7 Å². The zero-order valence-corrected chi connectivity index (χ0v) is 24.9. The highest BCUT2D eigenvalue weighted by atomic mass is 32.2. The molecule has 1 atom stereocenters. The Kier molecular flexibility index (Phi) is 9.56. The average molecular weight is 658 g/mol. The molecule has 1 aliphatic heterocycles. The van der Waals surface area contributed by atoms with Gasteiger partial charge in [-0.1, -0.05) is 61.7 Å². The highest BCUT2D eigenvalue weighted by molar-refractivity contribution is 8.00. The third-order valence-electron chi connectivity index (χ3n) is 8.60. The van der Waals surface area contributed by atoms with E-state index in [9.17, 15) is 35.5 Å². The number of benzene rings is 3. The van der Waals surface area contributed by atoms with Gasteiger partial charge in [0, 0.05) is 29.5 Å². The van der Waals surface area contributed by atoms with Crippen LogP contribution in [0.3, 0.4) is 0 Å². The first-order valence-corrected chi connectivity index (χ1v) is 15.4. The number of amides is 1. The minimum absolute atomic E-state index is 0.0377. The molecule has 0 unspecified atom stereocenters. The summed E-state index contributed by atoms with van der Waals surface area (Å²) in [4.78, 5) is 15.6. The van der Waals surface area contributed by atoms with Gasteiger partial charge in [-0.3, -0.25) is 4.79 Å². The minimum Gasteiger partial charge on any atom is -0.349 e. The molecule has 3 aromatic carbocycles. The van der Waals surface area contributed by atoms with Crippen LogP contribution < -0.4 is 0 Å². The number of carbonyl (C=O) groups excluding carboxylic acids is 1. The van der Waals surface area contributed by atoms with Gasteiger partial charge >= 0.3 is 12.4 Å². The quantitative estimate of drug-likeness (QED) is 0.226. The predicted molar refractivity (Wildman–Crippen MR) is 153 cm³/mol. The number of nitrogens with zero attached hydrogens (tertiary/aromatic N) is 1. The Morgan fingerprint density at radius 2 is 1.51 bits per heavy atom. The van der Waals surface area contributed by atoms with Gasteiger partial charge in [0.15, 0.2) is 0 Å². The Morgan fingerprint density at radius 1 is 0.867 bits per heavy atom. The second-order valence-electron chi connectivity index (χ2n) is 11.5. The average Bonchev–Trinajstić information content (AvgIpc) is 3.43. The molecule has 0 bridgehead atoms. The van der Waals surface area contributed by atoms with Gasteiger partial charge in [-0.25, -0.2) is 8.78 Å². The fourth-order valence-corrected chi connectivity index (χ4v) is 7.62. The standard InChI is InChI=1S/C33H31F8NO2S/c34-25-12-14-26(15-13-25)45-30(17-18-42(21-30)29(43)23-9-5-2-6-10-23)24-11-16-27(28(35)19-24)31(32(36,37)38,33(39,40)41)44-20-22-7-3-1-4-8-22/h1,3-4,7-8,11-16,19,23H,2,5-6,9-10,17-18,20-21H2/t30-/m0/s1. The predicted octanol–water partition coefficient (Wildman–Crippen LogP) is 9.30. The topological polar surface area (TPSA) is 29.5 Å². The van der Waals surface area contributed by atoms with E-state index < -0.39 is 46.5 Å². The van der Waals surface area contributed by atoms with Gasteiger partial charge in [0.1, 0.15) is 11.6 Å². The third-order valence-corrected chi connectivity index (χ3v) is 10.1. The van der Waals surface area contributed by atoms with E-state index >= 15 is 4.39 Å². The Bertz CT molecular complexity index is 1460. The Labute approximate surface area is 259 Å². The summed E-state index contributed by atoms with van der Waals surface area (Å²) in [5.74, 6) is -2.50. The summed E-state index contributed by atoms with van der Waals surface area (Å²) in [5.41, 5.74) is -6.51. The lowest BCUT2D eigenvalue weighted by Crippen LogP contribution is -2.56. The van der Waals surface area contributed by atoms with Gasteiger partial charge in [-0.15, -0.1) is 11.8 Å². The number of thioether (sulfide) groups is 1. The molecule has 242 valence electrons. The molecule has 45 heavy (non-hydrogen) atoms. The second-order valence-corrected chi connectivity index (χ2v) is 13.0. The van der Waals surface area contributed by atoms with Crippen molar-refractivity contribution in [3.63, 3.8) is 0 Å². The molecule has 0 spiro atoms. The summed E-state index contributed by atoms with van der Waals surface area (Å²) >= 11 is 1.17. The molecule has 0 aromatic heterocycles. The summed E-state index contributed by atoms with van der Waals surface area (Å²) in [6, 6.07) is 14.6. The van der Waals surface area contributed by atoms with Crippen molar-refractivity contribution in [2.75, 3.05) is 13.1 Å². The van der Waals surface area contributed by atoms with Crippen LogP contribution >= 0.6 is 11.8 Å². The van der Waals surface area contributed by atoms with Gasteiger partial charge in [0.05, 0.1) is 11.4 Å². The molecule has 2 fully saturated rings. The molecule has 0 N–H and O–H groups in total. The van der Waals surface area contributed by atoms with E-state index in [1.807, 2.05) is 0 Å². The minimum atomic E-state index is -6.07. The van der Waals surface area contributed by atoms with E-state index in [1.165, 1.54) is 66.4 Å². The molecule has 1 saturated carbocycles. The molecule has 1 amide bonds. The fraction of sp³-hybridized carbons (Fsp3) is 0.424. The molecule has 0 radical (unpaired) electrons. The van der Waals surface area contributed by atoms with Gasteiger partial charge in [0.2, 0.25) is 5.91 Å². The van der Waals surface area contributed by atoms with Crippen LogP contribution in [0.25, 0.3) is 0 Å². The zero-order valence-electron chi connectivity index (χ0n) is 24.1. The maximum absolute atomic E-state index is 15.9. The van der Waals surface area contributed by atoms with Crippen LogP contribution in [-0.2, 0) is 26.5 Å². The van der Waals surface area contributed by atoms with E-state index in [2.05, 4.69) is 4.74 Å². The molecule has 2 aliphatic rings. The Balaban J connectivity index is 1.54. The van der Waals surface area contributed by atoms with Crippen molar-refractivity contribution in [1.29, 1.82) is 0 Å². The van der Waals surface area contributed by atoms with Crippen molar-refractivity contribution in [3.8, 4) is 0 Å². The number of rotatable bonds is 8. The van der Waals surface area contributed by atoms with Crippen LogP contribution in [0.15, 0.2) is 77.7 Å². The van der Waals surface area contributed by atoms with E-state index in [0.717, 1.165) is 38.2 Å². The fourth-order valence-electron chi connectivity index (χ4n) is 6.24. The van der Waals surface area contributed by atoms with Crippen LogP contribution in [0.1, 0.15) is 55.2 Å². The van der Waals surface area contributed by atoms with Crippen LogP contribution in [0.2, 0.25) is 0 Å². The molecule has 5 rings (SSSR count). The monoisotopic (exact) mass is 657 g/mol. The molecule has 3 nitrogen and oxygen atoms in total. The van der Waals surface area contributed by atoms with Crippen LogP contribution in [0.4, 0.5) is 35.1 Å². The molecule has 3 aromatic rings. The molecule has 1 saturated heterocycles. The van der Waals surface area contributed by atoms with Gasteiger partial charge < -0.3 is 9.64 Å². The van der Waals surface area contributed by atoms with Gasteiger partial charge in [0.25, 0.3) is 5.60 Å². The van der Waals surface area contributed by atoms with Crippen molar-refractivity contribution in [1.82, 2.24) is 4.90 Å². The van der Waals surface area contributed by atoms with Crippen LogP contribution in [0.5, 0.6) is 0 Å². The Morgan fingerprint density at radius 3 is 2.11 bits per heavy atom. The first-order chi connectivity index (χ1) is 21.3. The van der Waals surface area contributed by atoms with Crippen LogP contribution in [0, 0.1) is 17.6 Å². The van der Waals surface area contributed by atoms with Crippen molar-refractivity contribution in [3.05, 3.63) is 101 Å². The molecule has 1 aliphatic carbocycles. The maximum atomic E-state index is 15.9.